The van der Waals surface area contributed by atoms with Gasteiger partial charge in [0.1, 0.15) is 0 Å². The Morgan fingerprint density at radius 1 is 1.24 bits per heavy atom. The zero-order valence-corrected chi connectivity index (χ0v) is 15.0. The topological polar surface area (TPSA) is 57.3 Å². The van der Waals surface area contributed by atoms with Gasteiger partial charge in [-0.3, -0.25) is 4.98 Å². The highest BCUT2D eigenvalue weighted by atomic mass is 16.2. The Morgan fingerprint density at radius 3 is 2.80 bits per heavy atom. The summed E-state index contributed by atoms with van der Waals surface area (Å²) < 4.78 is 0. The number of rotatable bonds is 4. The number of hydrogen-bond acceptors (Lipinski definition) is 3. The second-order valence-electron chi connectivity index (χ2n) is 6.81. The number of carbonyl (C=O) groups is 1. The van der Waals surface area contributed by atoms with Crippen LogP contribution in [0.2, 0.25) is 0 Å². The van der Waals surface area contributed by atoms with Crippen LogP contribution >= 0.6 is 0 Å². The van der Waals surface area contributed by atoms with Crippen molar-refractivity contribution in [3.05, 3.63) is 53.9 Å². The largest absolute Gasteiger partial charge is 0.371 e. The molecule has 1 aromatic heterocycles. The zero-order valence-electron chi connectivity index (χ0n) is 15.0. The molecule has 2 aromatic rings. The second kappa shape index (κ2) is 8.01. The molecule has 0 spiro atoms. The van der Waals surface area contributed by atoms with Crippen molar-refractivity contribution < 1.29 is 4.79 Å². The number of anilines is 2. The predicted molar refractivity (Wildman–Crippen MR) is 102 cm³/mol. The first-order valence-corrected chi connectivity index (χ1v) is 8.89. The van der Waals surface area contributed by atoms with Gasteiger partial charge in [0.25, 0.3) is 0 Å². The number of pyridine rings is 1. The van der Waals surface area contributed by atoms with Crippen molar-refractivity contribution in [3.8, 4) is 0 Å². The number of carbonyl (C=O) groups excluding carboxylic acids is 1. The molecule has 0 aliphatic carbocycles. The van der Waals surface area contributed by atoms with E-state index in [9.17, 15) is 4.79 Å². The van der Waals surface area contributed by atoms with Gasteiger partial charge in [-0.25, -0.2) is 4.79 Å². The molecule has 2 heterocycles. The van der Waals surface area contributed by atoms with Crippen LogP contribution in [-0.2, 0) is 0 Å². The number of benzene rings is 1. The van der Waals surface area contributed by atoms with E-state index in [1.165, 1.54) is 11.3 Å². The molecule has 5 heteroatoms. The lowest BCUT2D eigenvalue weighted by Crippen LogP contribution is -2.42. The van der Waals surface area contributed by atoms with E-state index >= 15 is 0 Å². The summed E-state index contributed by atoms with van der Waals surface area (Å²) in [7, 11) is 0. The van der Waals surface area contributed by atoms with Gasteiger partial charge >= 0.3 is 6.03 Å². The number of nitrogens with zero attached hydrogens (tertiary/aromatic N) is 2. The Hall–Kier alpha value is -2.56. The predicted octanol–water partition coefficient (Wildman–Crippen LogP) is 3.74. The smallest absolute Gasteiger partial charge is 0.319 e. The van der Waals surface area contributed by atoms with Crippen LogP contribution in [0.5, 0.6) is 0 Å². The summed E-state index contributed by atoms with van der Waals surface area (Å²) in [4.78, 5) is 18.7. The Kier molecular flexibility index (Phi) is 5.53. The van der Waals surface area contributed by atoms with Crippen LogP contribution in [0.4, 0.5) is 16.2 Å². The van der Waals surface area contributed by atoms with Gasteiger partial charge in [0.15, 0.2) is 0 Å². The lowest BCUT2D eigenvalue weighted by molar-refractivity contribution is 0.249. The number of hydrogen-bond donors (Lipinski definition) is 2. The van der Waals surface area contributed by atoms with Gasteiger partial charge in [-0.15, -0.1) is 0 Å². The summed E-state index contributed by atoms with van der Waals surface area (Å²) in [6, 6.07) is 11.9. The molecular weight excluding hydrogens is 312 g/mol. The van der Waals surface area contributed by atoms with Crippen molar-refractivity contribution in [2.45, 2.75) is 26.7 Å². The van der Waals surface area contributed by atoms with Gasteiger partial charge in [-0.05, 0) is 56.9 Å². The molecule has 0 saturated carbocycles. The first-order chi connectivity index (χ1) is 12.1. The molecule has 132 valence electrons. The molecule has 1 unspecified atom stereocenters. The van der Waals surface area contributed by atoms with Gasteiger partial charge < -0.3 is 15.5 Å². The van der Waals surface area contributed by atoms with Gasteiger partial charge in [0.05, 0.1) is 0 Å². The maximum absolute atomic E-state index is 12.1. The molecule has 1 aliphatic rings. The summed E-state index contributed by atoms with van der Waals surface area (Å²) in [5.74, 6) is 0.464. The minimum atomic E-state index is -0.138. The van der Waals surface area contributed by atoms with Crippen LogP contribution in [-0.4, -0.2) is 30.6 Å². The quantitative estimate of drug-likeness (QED) is 0.893. The van der Waals surface area contributed by atoms with Crippen molar-refractivity contribution in [1.29, 1.82) is 0 Å². The summed E-state index contributed by atoms with van der Waals surface area (Å²) in [5, 5.41) is 5.90. The zero-order chi connectivity index (χ0) is 17.6. The van der Waals surface area contributed by atoms with E-state index in [0.29, 0.717) is 12.5 Å². The van der Waals surface area contributed by atoms with Crippen LogP contribution in [0.15, 0.2) is 42.6 Å². The Labute approximate surface area is 149 Å². The molecule has 1 fully saturated rings. The third-order valence-corrected chi connectivity index (χ3v) is 4.63. The number of urea groups is 1. The minimum Gasteiger partial charge on any atom is -0.371 e. The third kappa shape index (κ3) is 4.95. The Morgan fingerprint density at radius 2 is 2.04 bits per heavy atom. The summed E-state index contributed by atoms with van der Waals surface area (Å²) in [6.07, 6.45) is 4.15. The van der Waals surface area contributed by atoms with Crippen LogP contribution in [0.1, 0.15) is 24.1 Å². The fourth-order valence-corrected chi connectivity index (χ4v) is 3.24. The van der Waals surface area contributed by atoms with E-state index in [1.54, 1.807) is 0 Å². The highest BCUT2D eigenvalue weighted by Gasteiger charge is 2.20. The maximum Gasteiger partial charge on any atom is 0.319 e. The fraction of sp³-hybridized carbons (Fsp3) is 0.400. The van der Waals surface area contributed by atoms with Crippen molar-refractivity contribution in [2.24, 2.45) is 5.92 Å². The van der Waals surface area contributed by atoms with Crippen molar-refractivity contribution in [2.75, 3.05) is 29.9 Å². The number of aromatic nitrogens is 1. The minimum absolute atomic E-state index is 0.138. The van der Waals surface area contributed by atoms with Gasteiger partial charge in [-0.2, -0.15) is 0 Å². The van der Waals surface area contributed by atoms with E-state index in [1.807, 2.05) is 44.3 Å². The SMILES string of the molecule is Cc1ccc(NC(=O)NCC2CCCN(c3ccnc(C)c3)C2)cc1. The number of amides is 2. The lowest BCUT2D eigenvalue weighted by Gasteiger charge is -2.34. The van der Waals surface area contributed by atoms with Crippen molar-refractivity contribution in [3.63, 3.8) is 0 Å². The first-order valence-electron chi connectivity index (χ1n) is 8.89. The lowest BCUT2D eigenvalue weighted by atomic mass is 9.97. The van der Waals surface area contributed by atoms with E-state index in [-0.39, 0.29) is 6.03 Å². The van der Waals surface area contributed by atoms with Crippen LogP contribution in [0.3, 0.4) is 0 Å². The summed E-state index contributed by atoms with van der Waals surface area (Å²) >= 11 is 0. The molecule has 2 amide bonds. The Bertz CT molecular complexity index is 714. The van der Waals surface area contributed by atoms with E-state index in [0.717, 1.165) is 37.3 Å². The summed E-state index contributed by atoms with van der Waals surface area (Å²) in [6.45, 7) is 6.77. The molecule has 25 heavy (non-hydrogen) atoms. The van der Waals surface area contributed by atoms with Gasteiger partial charge in [0, 0.05) is 42.9 Å². The highest BCUT2D eigenvalue weighted by molar-refractivity contribution is 5.89. The fourth-order valence-electron chi connectivity index (χ4n) is 3.24. The first kappa shape index (κ1) is 17.3. The van der Waals surface area contributed by atoms with Crippen LogP contribution in [0, 0.1) is 19.8 Å². The second-order valence-corrected chi connectivity index (χ2v) is 6.81. The van der Waals surface area contributed by atoms with Crippen LogP contribution in [0.25, 0.3) is 0 Å². The molecule has 0 bridgehead atoms. The maximum atomic E-state index is 12.1. The van der Waals surface area contributed by atoms with Crippen molar-refractivity contribution >= 4 is 17.4 Å². The summed E-state index contributed by atoms with van der Waals surface area (Å²) in [5.41, 5.74) is 4.26. The van der Waals surface area contributed by atoms with E-state index in [2.05, 4.69) is 32.7 Å². The average Bonchev–Trinajstić information content (AvgIpc) is 2.62. The number of aryl methyl sites for hydroxylation is 2. The molecule has 1 aromatic carbocycles. The molecule has 1 saturated heterocycles. The average molecular weight is 338 g/mol. The molecule has 1 aliphatic heterocycles. The van der Waals surface area contributed by atoms with Gasteiger partial charge in [-0.1, -0.05) is 17.7 Å². The molecule has 1 atom stereocenters. The molecular formula is C20H26N4O. The van der Waals surface area contributed by atoms with E-state index < -0.39 is 0 Å². The third-order valence-electron chi connectivity index (χ3n) is 4.63. The number of nitrogens with one attached hydrogen (secondary N) is 2. The number of piperidine rings is 1. The molecule has 2 N–H and O–H groups in total. The Balaban J connectivity index is 1.49. The van der Waals surface area contributed by atoms with Gasteiger partial charge in [0.2, 0.25) is 0 Å². The normalized spacial score (nSPS) is 17.2. The molecule has 0 radical (unpaired) electrons. The molecule has 5 nitrogen and oxygen atoms in total. The molecule has 3 rings (SSSR count). The standard InChI is InChI=1S/C20H26N4O/c1-15-5-7-18(8-6-15)23-20(25)22-13-17-4-3-11-24(14-17)19-9-10-21-16(2)12-19/h5-10,12,17H,3-4,11,13-14H2,1-2H3,(H2,22,23,25). The monoisotopic (exact) mass is 338 g/mol. The van der Waals surface area contributed by atoms with E-state index in [4.69, 9.17) is 0 Å². The van der Waals surface area contributed by atoms with Crippen LogP contribution < -0.4 is 15.5 Å². The highest BCUT2D eigenvalue weighted by Crippen LogP contribution is 2.23. The van der Waals surface area contributed by atoms with Crippen molar-refractivity contribution in [1.82, 2.24) is 10.3 Å².